The van der Waals surface area contributed by atoms with Gasteiger partial charge in [0.1, 0.15) is 11.4 Å². The van der Waals surface area contributed by atoms with Crippen molar-refractivity contribution in [2.45, 2.75) is 25.4 Å². The molecule has 0 aromatic heterocycles. The summed E-state index contributed by atoms with van der Waals surface area (Å²) in [6.45, 7) is 5.56. The molecule has 4 rings (SSSR count). The smallest absolute Gasteiger partial charge is 0.337 e. The molecule has 3 aromatic carbocycles. The van der Waals surface area contributed by atoms with Crippen LogP contribution in [0.25, 0.3) is 0 Å². The number of hydrogen-bond acceptors (Lipinski definition) is 5. The fourth-order valence-corrected chi connectivity index (χ4v) is 5.12. The van der Waals surface area contributed by atoms with Gasteiger partial charge in [-0.25, -0.2) is 4.79 Å². The number of hydrogen-bond donors (Lipinski definition) is 1. The number of aliphatic hydroxyl groups is 1. The van der Waals surface area contributed by atoms with E-state index in [0.717, 1.165) is 43.6 Å². The molecule has 3 aromatic rings. The summed E-state index contributed by atoms with van der Waals surface area (Å²) >= 11 is 0. The maximum Gasteiger partial charge on any atom is 0.337 e. The van der Waals surface area contributed by atoms with Crippen molar-refractivity contribution in [3.05, 3.63) is 102 Å². The Kier molecular flexibility index (Phi) is 8.21. The topological polar surface area (TPSA) is 59.0 Å². The lowest BCUT2D eigenvalue weighted by molar-refractivity contribution is -0.0164. The van der Waals surface area contributed by atoms with E-state index in [1.54, 1.807) is 18.2 Å². The molecule has 1 N–H and O–H groups in total. The van der Waals surface area contributed by atoms with Gasteiger partial charge in [-0.1, -0.05) is 73.7 Å². The van der Waals surface area contributed by atoms with Gasteiger partial charge in [-0.15, -0.1) is 0 Å². The van der Waals surface area contributed by atoms with Crippen LogP contribution in [-0.4, -0.2) is 49.3 Å². The molecule has 1 aliphatic heterocycles. The largest absolute Gasteiger partial charge is 0.493 e. The summed E-state index contributed by atoms with van der Waals surface area (Å²) in [5.74, 6) is 0.790. The van der Waals surface area contributed by atoms with Crippen LogP contribution in [-0.2, 0) is 10.3 Å². The summed E-state index contributed by atoms with van der Waals surface area (Å²) in [7, 11) is 1.38. The molecule has 1 atom stereocenters. The normalized spacial score (nSPS) is 16.0. The van der Waals surface area contributed by atoms with Crippen molar-refractivity contribution >= 4 is 5.97 Å². The second kappa shape index (κ2) is 11.5. The van der Waals surface area contributed by atoms with Crippen LogP contribution in [0, 0.1) is 11.8 Å². The number of nitrogens with zero attached hydrogens (tertiary/aromatic N) is 1. The average molecular weight is 474 g/mol. The van der Waals surface area contributed by atoms with E-state index in [4.69, 9.17) is 9.47 Å². The maximum atomic E-state index is 12.1. The van der Waals surface area contributed by atoms with Crippen molar-refractivity contribution in [3.63, 3.8) is 0 Å². The third kappa shape index (κ3) is 5.92. The first-order valence-electron chi connectivity index (χ1n) is 12.4. The van der Waals surface area contributed by atoms with E-state index in [-0.39, 0.29) is 11.9 Å². The van der Waals surface area contributed by atoms with Crippen molar-refractivity contribution in [1.82, 2.24) is 4.90 Å². The van der Waals surface area contributed by atoms with Crippen LogP contribution in [0.1, 0.15) is 41.3 Å². The average Bonchev–Trinajstić information content (AvgIpc) is 2.92. The molecule has 0 spiro atoms. The second-order valence-corrected chi connectivity index (χ2v) is 9.51. The highest BCUT2D eigenvalue weighted by Gasteiger charge is 2.41. The predicted octanol–water partition coefficient (Wildman–Crippen LogP) is 5.14. The highest BCUT2D eigenvalue weighted by Crippen LogP contribution is 2.41. The van der Waals surface area contributed by atoms with E-state index in [1.807, 2.05) is 66.7 Å². The van der Waals surface area contributed by atoms with E-state index >= 15 is 0 Å². The number of methoxy groups -OCH3 is 1. The Morgan fingerprint density at radius 2 is 1.57 bits per heavy atom. The van der Waals surface area contributed by atoms with Gasteiger partial charge in [-0.2, -0.15) is 0 Å². The van der Waals surface area contributed by atoms with Gasteiger partial charge in [0.05, 0.1) is 19.3 Å². The van der Waals surface area contributed by atoms with Crippen LogP contribution >= 0.6 is 0 Å². The van der Waals surface area contributed by atoms with Gasteiger partial charge in [0.25, 0.3) is 0 Å². The van der Waals surface area contributed by atoms with E-state index in [2.05, 4.69) is 11.8 Å². The molecule has 5 nitrogen and oxygen atoms in total. The SMILES string of the molecule is COC(=O)c1cccc(OCC(C)CN2CCC(C(O)(c3ccccc3)c3ccccc3)CC2)c1. The zero-order valence-corrected chi connectivity index (χ0v) is 20.6. The van der Waals surface area contributed by atoms with Gasteiger partial charge in [0, 0.05) is 12.5 Å². The van der Waals surface area contributed by atoms with Crippen LogP contribution < -0.4 is 4.74 Å². The Morgan fingerprint density at radius 1 is 0.971 bits per heavy atom. The van der Waals surface area contributed by atoms with Crippen molar-refractivity contribution in [2.24, 2.45) is 11.8 Å². The van der Waals surface area contributed by atoms with Gasteiger partial charge in [0.15, 0.2) is 0 Å². The maximum absolute atomic E-state index is 12.1. The molecule has 0 bridgehead atoms. The van der Waals surface area contributed by atoms with E-state index in [0.29, 0.717) is 23.8 Å². The summed E-state index contributed by atoms with van der Waals surface area (Å²) in [6, 6.07) is 27.2. The number of carbonyl (C=O) groups excluding carboxylic acids is 1. The first-order chi connectivity index (χ1) is 17.0. The number of likely N-dealkylation sites (tertiary alicyclic amines) is 1. The fourth-order valence-electron chi connectivity index (χ4n) is 5.12. The zero-order chi connectivity index (χ0) is 24.7. The van der Waals surface area contributed by atoms with Crippen LogP contribution in [0.4, 0.5) is 0 Å². The van der Waals surface area contributed by atoms with Crippen LogP contribution in [0.5, 0.6) is 5.75 Å². The third-order valence-corrected chi connectivity index (χ3v) is 6.97. The molecule has 1 saturated heterocycles. The summed E-state index contributed by atoms with van der Waals surface area (Å²) in [4.78, 5) is 14.2. The Hall–Kier alpha value is -3.15. The highest BCUT2D eigenvalue weighted by molar-refractivity contribution is 5.89. The first kappa shape index (κ1) is 25.0. The summed E-state index contributed by atoms with van der Waals surface area (Å²) in [6.07, 6.45) is 1.85. The van der Waals surface area contributed by atoms with Crippen molar-refractivity contribution in [2.75, 3.05) is 33.4 Å². The first-order valence-corrected chi connectivity index (χ1v) is 12.4. The lowest BCUT2D eigenvalue weighted by atomic mass is 9.72. The molecule has 184 valence electrons. The van der Waals surface area contributed by atoms with Gasteiger partial charge in [-0.05, 0) is 61.2 Å². The number of ether oxygens (including phenoxy) is 2. The minimum Gasteiger partial charge on any atom is -0.493 e. The second-order valence-electron chi connectivity index (χ2n) is 9.51. The minimum absolute atomic E-state index is 0.149. The number of rotatable bonds is 9. The van der Waals surface area contributed by atoms with Crippen LogP contribution in [0.15, 0.2) is 84.9 Å². The summed E-state index contributed by atoms with van der Waals surface area (Å²) in [5, 5.41) is 12.1. The standard InChI is InChI=1S/C30H35NO4/c1-23(22-35-28-15-9-10-24(20-28)29(32)34-2)21-31-18-16-27(17-19-31)30(33,25-11-5-3-6-12-25)26-13-7-4-8-14-26/h3-15,20,23,27,33H,16-19,21-22H2,1-2H3. The number of piperidine rings is 1. The van der Waals surface area contributed by atoms with Crippen molar-refractivity contribution in [3.8, 4) is 5.75 Å². The molecule has 0 radical (unpaired) electrons. The van der Waals surface area contributed by atoms with Crippen molar-refractivity contribution < 1.29 is 19.4 Å². The molecule has 0 saturated carbocycles. The summed E-state index contributed by atoms with van der Waals surface area (Å²) < 4.78 is 10.7. The highest BCUT2D eigenvalue weighted by atomic mass is 16.5. The lowest BCUT2D eigenvalue weighted by Crippen LogP contribution is -2.45. The number of benzene rings is 3. The minimum atomic E-state index is -0.992. The molecular formula is C30H35NO4. The number of carbonyl (C=O) groups is 1. The molecule has 1 fully saturated rings. The Labute approximate surface area is 208 Å². The van der Waals surface area contributed by atoms with Crippen LogP contribution in [0.2, 0.25) is 0 Å². The summed E-state index contributed by atoms with van der Waals surface area (Å²) in [5.41, 5.74) is 1.42. The van der Waals surface area contributed by atoms with E-state index in [9.17, 15) is 9.90 Å². The van der Waals surface area contributed by atoms with Gasteiger partial charge >= 0.3 is 5.97 Å². The van der Waals surface area contributed by atoms with Crippen molar-refractivity contribution in [1.29, 1.82) is 0 Å². The zero-order valence-electron chi connectivity index (χ0n) is 20.6. The molecule has 0 amide bonds. The Bertz CT molecular complexity index is 1040. The van der Waals surface area contributed by atoms with Gasteiger partial charge < -0.3 is 19.5 Å². The fraction of sp³-hybridized carbons (Fsp3) is 0.367. The molecule has 0 aliphatic carbocycles. The van der Waals surface area contributed by atoms with Gasteiger partial charge in [0.2, 0.25) is 0 Å². The Morgan fingerprint density at radius 3 is 2.14 bits per heavy atom. The molecule has 1 heterocycles. The quantitative estimate of drug-likeness (QED) is 0.436. The Balaban J connectivity index is 1.34. The monoisotopic (exact) mass is 473 g/mol. The van der Waals surface area contributed by atoms with E-state index < -0.39 is 5.60 Å². The third-order valence-electron chi connectivity index (χ3n) is 6.97. The van der Waals surface area contributed by atoms with Crippen LogP contribution in [0.3, 0.4) is 0 Å². The number of esters is 1. The predicted molar refractivity (Wildman–Crippen MR) is 137 cm³/mol. The molecule has 35 heavy (non-hydrogen) atoms. The molecule has 1 aliphatic rings. The van der Waals surface area contributed by atoms with Gasteiger partial charge in [-0.3, -0.25) is 0 Å². The lowest BCUT2D eigenvalue weighted by Gasteiger charge is -2.42. The molecule has 1 unspecified atom stereocenters. The molecule has 5 heteroatoms. The molecular weight excluding hydrogens is 438 g/mol. The van der Waals surface area contributed by atoms with E-state index in [1.165, 1.54) is 7.11 Å².